The van der Waals surface area contributed by atoms with Gasteiger partial charge in [-0.05, 0) is 98.1 Å². The molecule has 0 unspecified atom stereocenters. The highest BCUT2D eigenvalue weighted by molar-refractivity contribution is 6.74. The number of allylic oxidation sites excluding steroid dienone is 1. The fraction of sp³-hybridized carbons (Fsp3) is 0.897. The van der Waals surface area contributed by atoms with Gasteiger partial charge < -0.3 is 9.16 Å². The average molecular weight is 473 g/mol. The normalized spacial score (nSPS) is 46.8. The van der Waals surface area contributed by atoms with Crippen LogP contribution in [0.1, 0.15) is 99.3 Å². The third kappa shape index (κ3) is 3.47. The van der Waals surface area contributed by atoms with Crippen molar-refractivity contribution in [1.82, 2.24) is 0 Å². The number of esters is 1. The predicted molar refractivity (Wildman–Crippen MR) is 136 cm³/mol. The van der Waals surface area contributed by atoms with Gasteiger partial charge in [-0.15, -0.1) is 0 Å². The molecule has 0 amide bonds. The van der Waals surface area contributed by atoms with Crippen molar-refractivity contribution in [3.8, 4) is 0 Å². The SMILES string of the molecule is CC(=O)O[C@H]1CC[C@@]2(C)C(=CC[C@@H]3[C@@H]2CC[C@@]2(C)[C@H]3CC[C@@]23C[C@@H]3O[Si](C)(C)C(C)(C)C)C1. The van der Waals surface area contributed by atoms with Gasteiger partial charge in [0.05, 0.1) is 6.10 Å². The molecule has 186 valence electrons. The number of carbonyl (C=O) groups is 1. The molecule has 1 spiro atoms. The summed E-state index contributed by atoms with van der Waals surface area (Å²) in [6, 6.07) is 0. The number of rotatable bonds is 3. The highest BCUT2D eigenvalue weighted by Crippen LogP contribution is 2.77. The first kappa shape index (κ1) is 24.1. The van der Waals surface area contributed by atoms with E-state index < -0.39 is 8.32 Å². The number of carbonyl (C=O) groups excluding carboxylic acids is 1. The number of ether oxygens (including phenoxy) is 1. The summed E-state index contributed by atoms with van der Waals surface area (Å²) < 4.78 is 12.7. The van der Waals surface area contributed by atoms with Gasteiger partial charge in [-0.2, -0.15) is 0 Å². The lowest BCUT2D eigenvalue weighted by atomic mass is 9.47. The maximum Gasteiger partial charge on any atom is 0.302 e. The van der Waals surface area contributed by atoms with Gasteiger partial charge in [0, 0.05) is 18.8 Å². The van der Waals surface area contributed by atoms with Crippen molar-refractivity contribution in [2.24, 2.45) is 34.0 Å². The van der Waals surface area contributed by atoms with E-state index in [1.165, 1.54) is 44.9 Å². The van der Waals surface area contributed by atoms with E-state index in [1.807, 2.05) is 0 Å². The third-order valence-corrected chi connectivity index (χ3v) is 16.6. The van der Waals surface area contributed by atoms with Gasteiger partial charge in [0.2, 0.25) is 0 Å². The summed E-state index contributed by atoms with van der Waals surface area (Å²) in [7, 11) is -1.72. The fourth-order valence-electron chi connectivity index (χ4n) is 8.96. The Balaban J connectivity index is 1.34. The van der Waals surface area contributed by atoms with Crippen LogP contribution in [-0.4, -0.2) is 26.5 Å². The summed E-state index contributed by atoms with van der Waals surface area (Å²) in [6.45, 7) is 18.8. The predicted octanol–water partition coefficient (Wildman–Crippen LogP) is 7.66. The quantitative estimate of drug-likeness (QED) is 0.240. The zero-order chi connectivity index (χ0) is 24.0. The van der Waals surface area contributed by atoms with Crippen molar-refractivity contribution in [2.75, 3.05) is 0 Å². The van der Waals surface area contributed by atoms with Gasteiger partial charge in [-0.3, -0.25) is 4.79 Å². The van der Waals surface area contributed by atoms with Crippen molar-refractivity contribution in [3.05, 3.63) is 11.6 Å². The summed E-state index contributed by atoms with van der Waals surface area (Å²) >= 11 is 0. The lowest BCUT2D eigenvalue weighted by Crippen LogP contribution is -2.51. The molecule has 0 aromatic heterocycles. The van der Waals surface area contributed by atoms with Crippen molar-refractivity contribution in [3.63, 3.8) is 0 Å². The van der Waals surface area contributed by atoms with Gasteiger partial charge in [0.15, 0.2) is 8.32 Å². The Morgan fingerprint density at radius 3 is 2.42 bits per heavy atom. The van der Waals surface area contributed by atoms with Crippen LogP contribution in [0.25, 0.3) is 0 Å². The molecule has 5 rings (SSSR count). The molecular weight excluding hydrogens is 424 g/mol. The van der Waals surface area contributed by atoms with Crippen molar-refractivity contribution >= 4 is 14.3 Å². The first-order valence-electron chi connectivity index (χ1n) is 13.8. The highest BCUT2D eigenvalue weighted by Gasteiger charge is 2.73. The topological polar surface area (TPSA) is 35.5 Å². The summed E-state index contributed by atoms with van der Waals surface area (Å²) in [5.41, 5.74) is 2.83. The monoisotopic (exact) mass is 472 g/mol. The van der Waals surface area contributed by atoms with Gasteiger partial charge in [0.25, 0.3) is 0 Å². The van der Waals surface area contributed by atoms with E-state index in [4.69, 9.17) is 9.16 Å². The molecule has 4 saturated carbocycles. The van der Waals surface area contributed by atoms with E-state index in [9.17, 15) is 4.79 Å². The summed E-state index contributed by atoms with van der Waals surface area (Å²) in [5, 5.41) is 0.289. The molecule has 3 nitrogen and oxygen atoms in total. The first-order chi connectivity index (χ1) is 15.2. The Bertz CT molecular complexity index is 855. The van der Waals surface area contributed by atoms with E-state index >= 15 is 0 Å². The minimum absolute atomic E-state index is 0.0988. The Morgan fingerprint density at radius 2 is 1.76 bits per heavy atom. The van der Waals surface area contributed by atoms with Crippen LogP contribution >= 0.6 is 0 Å². The lowest BCUT2D eigenvalue weighted by molar-refractivity contribution is -0.148. The molecule has 0 N–H and O–H groups in total. The molecule has 0 radical (unpaired) electrons. The second-order valence-corrected chi connectivity index (χ2v) is 19.2. The molecule has 0 aliphatic heterocycles. The lowest BCUT2D eigenvalue weighted by Gasteiger charge is -2.58. The second kappa shape index (κ2) is 7.45. The van der Waals surface area contributed by atoms with Gasteiger partial charge in [-0.25, -0.2) is 0 Å². The molecule has 0 saturated heterocycles. The number of fused-ring (bicyclic) bond motifs is 6. The van der Waals surface area contributed by atoms with E-state index in [0.717, 1.165) is 30.6 Å². The second-order valence-electron chi connectivity index (χ2n) is 14.5. The molecule has 5 aliphatic carbocycles. The number of hydrogen-bond donors (Lipinski definition) is 0. The first-order valence-corrected chi connectivity index (χ1v) is 16.7. The molecule has 0 heterocycles. The third-order valence-electron chi connectivity index (χ3n) is 12.1. The maximum absolute atomic E-state index is 11.5. The van der Waals surface area contributed by atoms with Crippen LogP contribution in [0.15, 0.2) is 11.6 Å². The Hall–Kier alpha value is -0.613. The van der Waals surface area contributed by atoms with Crippen LogP contribution in [0.4, 0.5) is 0 Å². The molecule has 0 aromatic rings. The Morgan fingerprint density at radius 1 is 1.06 bits per heavy atom. The average Bonchev–Trinajstić information content (AvgIpc) is 3.30. The van der Waals surface area contributed by atoms with Crippen LogP contribution in [0.5, 0.6) is 0 Å². The molecule has 8 atom stereocenters. The summed E-state index contributed by atoms with van der Waals surface area (Å²) in [4.78, 5) is 11.5. The standard InChI is InChI=1S/C29H48O3Si/c1-19(30)31-21-11-14-27(5)20(17-21)9-10-22-23(27)12-15-28(6)24(22)13-16-29(28)18-25(29)32-33(7,8)26(2,3)4/h9,21-25H,10-18H2,1-8H3/t21-,22+,23-,24-,25-,27-,28-,29-/m0/s1. The molecule has 0 bridgehead atoms. The van der Waals surface area contributed by atoms with E-state index in [1.54, 1.807) is 12.5 Å². The Kier molecular flexibility index (Phi) is 5.44. The van der Waals surface area contributed by atoms with Crippen LogP contribution in [0.2, 0.25) is 18.1 Å². The highest BCUT2D eigenvalue weighted by atomic mass is 28.4. The van der Waals surface area contributed by atoms with E-state index in [-0.39, 0.29) is 17.1 Å². The van der Waals surface area contributed by atoms with Gasteiger partial charge >= 0.3 is 5.97 Å². The van der Waals surface area contributed by atoms with Crippen molar-refractivity contribution in [1.29, 1.82) is 0 Å². The molecule has 0 aromatic carbocycles. The zero-order valence-corrected chi connectivity index (χ0v) is 23.6. The van der Waals surface area contributed by atoms with Crippen molar-refractivity contribution < 1.29 is 14.0 Å². The molecule has 4 heteroatoms. The Labute approximate surface area is 203 Å². The molecule has 5 aliphatic rings. The summed E-state index contributed by atoms with van der Waals surface area (Å²) in [6.07, 6.45) is 14.5. The maximum atomic E-state index is 11.5. The molecular formula is C29H48O3Si. The van der Waals surface area contributed by atoms with Crippen LogP contribution in [0.3, 0.4) is 0 Å². The van der Waals surface area contributed by atoms with Gasteiger partial charge in [0.1, 0.15) is 6.10 Å². The molecule has 4 fully saturated rings. The molecule has 33 heavy (non-hydrogen) atoms. The zero-order valence-electron chi connectivity index (χ0n) is 22.6. The smallest absolute Gasteiger partial charge is 0.302 e. The van der Waals surface area contributed by atoms with E-state index in [2.05, 4.69) is 53.8 Å². The van der Waals surface area contributed by atoms with Gasteiger partial charge in [-0.1, -0.05) is 46.3 Å². The largest absolute Gasteiger partial charge is 0.462 e. The minimum atomic E-state index is -1.72. The van der Waals surface area contributed by atoms with Crippen molar-refractivity contribution in [2.45, 2.75) is 130 Å². The summed E-state index contributed by atoms with van der Waals surface area (Å²) in [5.74, 6) is 2.37. The van der Waals surface area contributed by atoms with Crippen LogP contribution in [0, 0.1) is 34.0 Å². The fourth-order valence-corrected chi connectivity index (χ4v) is 10.3. The number of hydrogen-bond acceptors (Lipinski definition) is 3. The van der Waals surface area contributed by atoms with E-state index in [0.29, 0.717) is 22.3 Å². The minimum Gasteiger partial charge on any atom is -0.462 e. The van der Waals surface area contributed by atoms with Crippen LogP contribution in [-0.2, 0) is 14.0 Å². The van der Waals surface area contributed by atoms with Crippen LogP contribution < -0.4 is 0 Å².